The lowest BCUT2D eigenvalue weighted by Crippen LogP contribution is -2.64. The number of ketones is 2. The van der Waals surface area contributed by atoms with E-state index in [1.165, 1.54) is 20.8 Å². The van der Waals surface area contributed by atoms with Crippen molar-refractivity contribution < 1.29 is 38.2 Å². The number of allylic oxidation sites excluding steroid dienone is 4. The lowest BCUT2D eigenvalue weighted by molar-refractivity contribution is -0.206. The number of hydrogen-bond donors (Lipinski definition) is 0. The number of ether oxygens (including phenoxy) is 3. The number of carbonyl (C=O) groups excluding carboxylic acids is 5. The van der Waals surface area contributed by atoms with Crippen molar-refractivity contribution in [1.82, 2.24) is 0 Å². The second-order valence-electron chi connectivity index (χ2n) is 11.5. The van der Waals surface area contributed by atoms with Gasteiger partial charge in [-0.25, -0.2) is 0 Å². The average Bonchev–Trinajstić information content (AvgIpc) is 3.05. The van der Waals surface area contributed by atoms with Gasteiger partial charge >= 0.3 is 17.9 Å². The summed E-state index contributed by atoms with van der Waals surface area (Å²) in [5, 5.41) is 0. The van der Waals surface area contributed by atoms with E-state index < -0.39 is 52.8 Å². The predicted molar refractivity (Wildman–Crippen MR) is 128 cm³/mol. The molecular formula is C28H36O8. The van der Waals surface area contributed by atoms with Gasteiger partial charge in [-0.1, -0.05) is 32.4 Å². The molecule has 0 heterocycles. The van der Waals surface area contributed by atoms with Gasteiger partial charge in [0.15, 0.2) is 18.0 Å². The van der Waals surface area contributed by atoms with Gasteiger partial charge in [-0.3, -0.25) is 24.0 Å². The van der Waals surface area contributed by atoms with Crippen LogP contribution in [0.5, 0.6) is 0 Å². The first-order valence-electron chi connectivity index (χ1n) is 12.7. The van der Waals surface area contributed by atoms with Crippen LogP contribution in [-0.4, -0.2) is 47.8 Å². The Hall–Kier alpha value is -2.77. The summed E-state index contributed by atoms with van der Waals surface area (Å²) >= 11 is 0. The van der Waals surface area contributed by atoms with Crippen molar-refractivity contribution in [3.63, 3.8) is 0 Å². The molecule has 36 heavy (non-hydrogen) atoms. The van der Waals surface area contributed by atoms with Crippen LogP contribution in [0.25, 0.3) is 0 Å². The standard InChI is InChI=1S/C28H36O8/c1-15-11-20-21-8-10-28(36-18(4)31,24(33)14-34-16(2)29)27(21,6)13-23(35-17(3)30)25(20)26(5)9-7-19(32)12-22(15)26/h7,9,12,15,20-21,23,25H,8,10-11,13-14H2,1-6H3/t15-,20-,21-,23-,25+,26-,27-,28-/m0/s1. The maximum absolute atomic E-state index is 13.6. The summed E-state index contributed by atoms with van der Waals surface area (Å²) in [4.78, 5) is 62.0. The molecule has 0 aromatic carbocycles. The first kappa shape index (κ1) is 26.3. The SMILES string of the molecule is CC(=O)OCC(=O)[C@@]1(OC(C)=O)CC[C@H]2[C@@H]3C[C@H](C)C4=CC(=O)C=C[C@]4(C)[C@H]3[C@@H](OC(C)=O)C[C@@]21C. The zero-order valence-corrected chi connectivity index (χ0v) is 21.9. The largest absolute Gasteiger partial charge is 0.462 e. The molecule has 0 unspecified atom stereocenters. The highest BCUT2D eigenvalue weighted by atomic mass is 16.6. The molecule has 0 saturated heterocycles. The Kier molecular flexibility index (Phi) is 6.55. The second kappa shape index (κ2) is 8.96. The topological polar surface area (TPSA) is 113 Å². The van der Waals surface area contributed by atoms with Crippen molar-refractivity contribution in [2.24, 2.45) is 34.5 Å². The molecule has 4 aliphatic carbocycles. The molecule has 0 spiro atoms. The molecule has 196 valence electrons. The van der Waals surface area contributed by atoms with Gasteiger partial charge in [-0.2, -0.15) is 0 Å². The molecule has 8 atom stereocenters. The minimum atomic E-state index is -1.49. The van der Waals surface area contributed by atoms with Gasteiger partial charge < -0.3 is 14.2 Å². The van der Waals surface area contributed by atoms with E-state index in [0.717, 1.165) is 12.0 Å². The van der Waals surface area contributed by atoms with E-state index in [1.54, 1.807) is 12.2 Å². The van der Waals surface area contributed by atoms with Gasteiger partial charge in [0.25, 0.3) is 0 Å². The van der Waals surface area contributed by atoms with E-state index in [4.69, 9.17) is 14.2 Å². The highest BCUT2D eigenvalue weighted by Gasteiger charge is 2.71. The third-order valence-electron chi connectivity index (χ3n) is 9.41. The molecule has 0 aliphatic heterocycles. The van der Waals surface area contributed by atoms with Crippen LogP contribution in [0.2, 0.25) is 0 Å². The van der Waals surface area contributed by atoms with E-state index in [9.17, 15) is 24.0 Å². The van der Waals surface area contributed by atoms with Crippen LogP contribution in [0.1, 0.15) is 67.2 Å². The van der Waals surface area contributed by atoms with Gasteiger partial charge in [0.2, 0.25) is 5.78 Å². The zero-order valence-electron chi connectivity index (χ0n) is 21.9. The van der Waals surface area contributed by atoms with Crippen molar-refractivity contribution in [2.45, 2.75) is 78.9 Å². The van der Waals surface area contributed by atoms with Crippen LogP contribution in [0.4, 0.5) is 0 Å². The Morgan fingerprint density at radius 3 is 2.36 bits per heavy atom. The van der Waals surface area contributed by atoms with Gasteiger partial charge in [-0.05, 0) is 55.6 Å². The first-order chi connectivity index (χ1) is 16.7. The number of rotatable bonds is 5. The molecule has 0 aromatic rings. The monoisotopic (exact) mass is 500 g/mol. The number of fused-ring (bicyclic) bond motifs is 5. The number of esters is 3. The molecular weight excluding hydrogens is 464 g/mol. The zero-order chi connectivity index (χ0) is 26.6. The maximum Gasteiger partial charge on any atom is 0.303 e. The summed E-state index contributed by atoms with van der Waals surface area (Å²) in [7, 11) is 0. The summed E-state index contributed by atoms with van der Waals surface area (Å²) < 4.78 is 16.9. The maximum atomic E-state index is 13.6. The fraction of sp³-hybridized carbons (Fsp3) is 0.679. The molecule has 4 aliphatic rings. The van der Waals surface area contributed by atoms with Crippen LogP contribution in [0.15, 0.2) is 23.8 Å². The first-order valence-corrected chi connectivity index (χ1v) is 12.7. The quantitative estimate of drug-likeness (QED) is 0.416. The van der Waals surface area contributed by atoms with Crippen LogP contribution >= 0.6 is 0 Å². The third kappa shape index (κ3) is 3.93. The highest BCUT2D eigenvalue weighted by molar-refractivity contribution is 6.01. The van der Waals surface area contributed by atoms with Gasteiger partial charge in [0.05, 0.1) is 0 Å². The smallest absolute Gasteiger partial charge is 0.303 e. The molecule has 0 N–H and O–H groups in total. The van der Waals surface area contributed by atoms with E-state index >= 15 is 0 Å². The predicted octanol–water partition coefficient (Wildman–Crippen LogP) is 3.52. The van der Waals surface area contributed by atoms with Gasteiger partial charge in [0.1, 0.15) is 6.10 Å². The normalized spacial score (nSPS) is 40.8. The van der Waals surface area contributed by atoms with Crippen LogP contribution < -0.4 is 0 Å². The third-order valence-corrected chi connectivity index (χ3v) is 9.41. The van der Waals surface area contributed by atoms with Crippen LogP contribution in [0, 0.1) is 34.5 Å². The molecule has 0 bridgehead atoms. The van der Waals surface area contributed by atoms with Crippen molar-refractivity contribution >= 4 is 29.5 Å². The Morgan fingerprint density at radius 1 is 1.06 bits per heavy atom. The number of Topliss-reactive ketones (excluding diaryl/α,β-unsaturated/α-hetero) is 1. The summed E-state index contributed by atoms with van der Waals surface area (Å²) in [6, 6.07) is 0. The summed E-state index contributed by atoms with van der Waals surface area (Å²) in [6.45, 7) is 9.55. The molecule has 0 amide bonds. The fourth-order valence-corrected chi connectivity index (χ4v) is 8.24. The lowest BCUT2D eigenvalue weighted by Gasteiger charge is -2.61. The molecule has 0 radical (unpaired) electrons. The van der Waals surface area contributed by atoms with Crippen molar-refractivity contribution in [3.8, 4) is 0 Å². The van der Waals surface area contributed by atoms with Gasteiger partial charge in [-0.15, -0.1) is 0 Å². The van der Waals surface area contributed by atoms with E-state index in [2.05, 4.69) is 13.8 Å². The van der Waals surface area contributed by atoms with Crippen LogP contribution in [-0.2, 0) is 38.2 Å². The summed E-state index contributed by atoms with van der Waals surface area (Å²) in [6.07, 6.45) is 6.76. The Balaban J connectivity index is 1.83. The van der Waals surface area contributed by atoms with Gasteiger partial charge in [0, 0.05) is 37.5 Å². The minimum absolute atomic E-state index is 0.00166. The lowest BCUT2D eigenvalue weighted by atomic mass is 9.44. The second-order valence-corrected chi connectivity index (χ2v) is 11.5. The summed E-state index contributed by atoms with van der Waals surface area (Å²) in [5.41, 5.74) is -1.75. The van der Waals surface area contributed by atoms with E-state index in [-0.39, 0.29) is 29.5 Å². The van der Waals surface area contributed by atoms with Crippen molar-refractivity contribution in [3.05, 3.63) is 23.8 Å². The number of hydrogen-bond acceptors (Lipinski definition) is 8. The van der Waals surface area contributed by atoms with E-state index in [1.807, 2.05) is 13.0 Å². The van der Waals surface area contributed by atoms with Crippen LogP contribution in [0.3, 0.4) is 0 Å². The highest BCUT2D eigenvalue weighted by Crippen LogP contribution is 2.69. The molecule has 3 saturated carbocycles. The minimum Gasteiger partial charge on any atom is -0.462 e. The number of carbonyl (C=O) groups is 5. The van der Waals surface area contributed by atoms with E-state index in [0.29, 0.717) is 19.3 Å². The van der Waals surface area contributed by atoms with Crippen molar-refractivity contribution in [1.29, 1.82) is 0 Å². The summed E-state index contributed by atoms with van der Waals surface area (Å²) in [5.74, 6) is -2.00. The Morgan fingerprint density at radius 2 is 1.75 bits per heavy atom. The molecule has 3 fully saturated rings. The molecule has 8 nitrogen and oxygen atoms in total. The molecule has 0 aromatic heterocycles. The molecule has 4 rings (SSSR count). The fourth-order valence-electron chi connectivity index (χ4n) is 8.24. The average molecular weight is 501 g/mol. The van der Waals surface area contributed by atoms with Crippen molar-refractivity contribution in [2.75, 3.05) is 6.61 Å². The Labute approximate surface area is 211 Å². The Bertz CT molecular complexity index is 1070. The molecule has 8 heteroatoms.